The van der Waals surface area contributed by atoms with Crippen LogP contribution < -0.4 is 0 Å². The van der Waals surface area contributed by atoms with E-state index in [1.807, 2.05) is 13.8 Å². The number of halogens is 1. The molecule has 2 unspecified atom stereocenters. The highest BCUT2D eigenvalue weighted by molar-refractivity contribution is 9.10. The molecule has 0 radical (unpaired) electrons. The summed E-state index contributed by atoms with van der Waals surface area (Å²) >= 11 is 3.28. The Balaban J connectivity index is 2.57. The standard InChI is InChI=1S/C14H18BrNO4S/c1-8-4-10(3)16(7-8)21(19,20)12-6-11(14(17)18)5-9(2)13(12)15/h5-6,8,10H,4,7H2,1-3H3,(H,17,18). The Morgan fingerprint density at radius 3 is 2.48 bits per heavy atom. The van der Waals surface area contributed by atoms with E-state index in [2.05, 4.69) is 15.9 Å². The molecule has 1 aliphatic rings. The van der Waals surface area contributed by atoms with E-state index >= 15 is 0 Å². The zero-order valence-electron chi connectivity index (χ0n) is 12.1. The van der Waals surface area contributed by atoms with Crippen molar-refractivity contribution in [2.45, 2.75) is 38.1 Å². The van der Waals surface area contributed by atoms with Gasteiger partial charge in [-0.3, -0.25) is 0 Å². The molecule has 0 saturated carbocycles. The monoisotopic (exact) mass is 375 g/mol. The third-order valence-electron chi connectivity index (χ3n) is 3.78. The number of sulfonamides is 1. The molecule has 1 fully saturated rings. The average Bonchev–Trinajstić information content (AvgIpc) is 2.71. The Bertz CT molecular complexity index is 686. The fraction of sp³-hybridized carbons (Fsp3) is 0.500. The first-order valence-corrected chi connectivity index (χ1v) is 8.93. The largest absolute Gasteiger partial charge is 0.478 e. The number of hydrogen-bond acceptors (Lipinski definition) is 3. The second-order valence-electron chi connectivity index (χ2n) is 5.68. The van der Waals surface area contributed by atoms with Gasteiger partial charge in [-0.1, -0.05) is 6.92 Å². The van der Waals surface area contributed by atoms with Crippen molar-refractivity contribution >= 4 is 31.9 Å². The zero-order valence-corrected chi connectivity index (χ0v) is 14.5. The number of carbonyl (C=O) groups is 1. The van der Waals surface area contributed by atoms with Crippen LogP contribution in [-0.2, 0) is 10.0 Å². The topological polar surface area (TPSA) is 74.7 Å². The van der Waals surface area contributed by atoms with Gasteiger partial charge in [-0.25, -0.2) is 13.2 Å². The number of hydrogen-bond donors (Lipinski definition) is 1. The van der Waals surface area contributed by atoms with Crippen molar-refractivity contribution in [1.29, 1.82) is 0 Å². The van der Waals surface area contributed by atoms with Crippen LogP contribution in [0, 0.1) is 12.8 Å². The van der Waals surface area contributed by atoms with Gasteiger partial charge in [-0.15, -0.1) is 0 Å². The zero-order chi connectivity index (χ0) is 15.9. The van der Waals surface area contributed by atoms with E-state index in [9.17, 15) is 13.2 Å². The van der Waals surface area contributed by atoms with Gasteiger partial charge in [0, 0.05) is 17.1 Å². The summed E-state index contributed by atoms with van der Waals surface area (Å²) in [5, 5.41) is 9.13. The van der Waals surface area contributed by atoms with Crippen LogP contribution in [0.5, 0.6) is 0 Å². The van der Waals surface area contributed by atoms with E-state index in [1.54, 1.807) is 6.92 Å². The molecule has 1 aliphatic heterocycles. The Morgan fingerprint density at radius 2 is 2.00 bits per heavy atom. The summed E-state index contributed by atoms with van der Waals surface area (Å²) in [5.41, 5.74) is 0.572. The second kappa shape index (κ2) is 5.70. The minimum atomic E-state index is -3.71. The third-order valence-corrected chi connectivity index (χ3v) is 7.10. The van der Waals surface area contributed by atoms with Crippen molar-refractivity contribution in [3.05, 3.63) is 27.7 Å². The molecule has 0 spiro atoms. The molecular weight excluding hydrogens is 358 g/mol. The predicted octanol–water partition coefficient (Wildman–Crippen LogP) is 2.87. The smallest absolute Gasteiger partial charge is 0.335 e. The molecule has 1 saturated heterocycles. The van der Waals surface area contributed by atoms with Crippen LogP contribution in [0.25, 0.3) is 0 Å². The predicted molar refractivity (Wildman–Crippen MR) is 83.0 cm³/mol. The van der Waals surface area contributed by atoms with Crippen LogP contribution in [-0.4, -0.2) is 36.4 Å². The number of carboxylic acids is 1. The molecule has 2 rings (SSSR count). The van der Waals surface area contributed by atoms with Crippen LogP contribution in [0.15, 0.2) is 21.5 Å². The highest BCUT2D eigenvalue weighted by Gasteiger charge is 2.37. The average molecular weight is 376 g/mol. The van der Waals surface area contributed by atoms with Gasteiger partial charge >= 0.3 is 5.97 Å². The van der Waals surface area contributed by atoms with Crippen LogP contribution >= 0.6 is 15.9 Å². The Hall–Kier alpha value is -0.920. The molecule has 21 heavy (non-hydrogen) atoms. The summed E-state index contributed by atoms with van der Waals surface area (Å²) in [6, 6.07) is 2.61. The fourth-order valence-electron chi connectivity index (χ4n) is 2.77. The molecule has 0 amide bonds. The lowest BCUT2D eigenvalue weighted by Gasteiger charge is -2.22. The first-order valence-electron chi connectivity index (χ1n) is 6.70. The van der Waals surface area contributed by atoms with Crippen LogP contribution in [0.2, 0.25) is 0 Å². The maximum Gasteiger partial charge on any atom is 0.335 e. The Kier molecular flexibility index (Phi) is 4.46. The van der Waals surface area contributed by atoms with Gasteiger partial charge in [0.1, 0.15) is 0 Å². The minimum absolute atomic E-state index is 0.0193. The van der Waals surface area contributed by atoms with E-state index in [-0.39, 0.29) is 16.5 Å². The van der Waals surface area contributed by atoms with E-state index in [4.69, 9.17) is 5.11 Å². The highest BCUT2D eigenvalue weighted by atomic mass is 79.9. The molecule has 2 atom stereocenters. The molecule has 0 aliphatic carbocycles. The van der Waals surface area contributed by atoms with E-state index in [0.29, 0.717) is 22.5 Å². The summed E-state index contributed by atoms with van der Waals surface area (Å²) in [5.74, 6) is -0.831. The summed E-state index contributed by atoms with van der Waals surface area (Å²) in [6.45, 7) is 6.04. The van der Waals surface area contributed by atoms with Gasteiger partial charge in [-0.05, 0) is 59.8 Å². The van der Waals surface area contributed by atoms with Gasteiger partial charge in [0.25, 0.3) is 0 Å². The van der Waals surface area contributed by atoms with Crippen molar-refractivity contribution < 1.29 is 18.3 Å². The van der Waals surface area contributed by atoms with Gasteiger partial charge in [0.05, 0.1) is 10.5 Å². The second-order valence-corrected chi connectivity index (χ2v) is 8.33. The number of benzene rings is 1. The highest BCUT2D eigenvalue weighted by Crippen LogP contribution is 2.34. The summed E-state index contributed by atoms with van der Waals surface area (Å²) < 4.78 is 27.6. The van der Waals surface area contributed by atoms with Crippen molar-refractivity contribution in [2.24, 2.45) is 5.92 Å². The first-order chi connectivity index (χ1) is 9.64. The first kappa shape index (κ1) is 16.5. The van der Waals surface area contributed by atoms with Crippen molar-refractivity contribution in [3.8, 4) is 0 Å². The van der Waals surface area contributed by atoms with Crippen molar-refractivity contribution in [2.75, 3.05) is 6.54 Å². The molecule has 0 bridgehead atoms. The van der Waals surface area contributed by atoms with E-state index < -0.39 is 16.0 Å². The Morgan fingerprint density at radius 1 is 1.38 bits per heavy atom. The molecule has 1 aromatic carbocycles. The molecule has 116 valence electrons. The Labute approximate surface area is 133 Å². The molecule has 1 heterocycles. The van der Waals surface area contributed by atoms with Crippen LogP contribution in [0.3, 0.4) is 0 Å². The number of nitrogens with zero attached hydrogens (tertiary/aromatic N) is 1. The molecule has 5 nitrogen and oxygen atoms in total. The summed E-state index contributed by atoms with van der Waals surface area (Å²) in [4.78, 5) is 11.2. The van der Waals surface area contributed by atoms with Crippen molar-refractivity contribution in [3.63, 3.8) is 0 Å². The van der Waals surface area contributed by atoms with E-state index in [1.165, 1.54) is 16.4 Å². The van der Waals surface area contributed by atoms with Gasteiger partial charge in [-0.2, -0.15) is 4.31 Å². The molecule has 1 aromatic rings. The summed E-state index contributed by atoms with van der Waals surface area (Å²) in [7, 11) is -3.71. The van der Waals surface area contributed by atoms with Gasteiger partial charge < -0.3 is 5.11 Å². The lowest BCUT2D eigenvalue weighted by molar-refractivity contribution is 0.0696. The van der Waals surface area contributed by atoms with Gasteiger partial charge in [0.15, 0.2) is 0 Å². The molecular formula is C14H18BrNO4S. The lowest BCUT2D eigenvalue weighted by Crippen LogP contribution is -2.34. The van der Waals surface area contributed by atoms with Crippen LogP contribution in [0.4, 0.5) is 0 Å². The summed E-state index contributed by atoms with van der Waals surface area (Å²) in [6.07, 6.45) is 0.814. The molecule has 0 aromatic heterocycles. The number of rotatable bonds is 3. The van der Waals surface area contributed by atoms with Gasteiger partial charge in [0.2, 0.25) is 10.0 Å². The minimum Gasteiger partial charge on any atom is -0.478 e. The quantitative estimate of drug-likeness (QED) is 0.880. The number of aryl methyl sites for hydroxylation is 1. The van der Waals surface area contributed by atoms with Crippen LogP contribution in [0.1, 0.15) is 36.2 Å². The fourth-order valence-corrected chi connectivity index (χ4v) is 5.54. The number of aromatic carboxylic acids is 1. The molecule has 7 heteroatoms. The van der Waals surface area contributed by atoms with E-state index in [0.717, 1.165) is 6.42 Å². The molecule has 1 N–H and O–H groups in total. The normalized spacial score (nSPS) is 23.4. The maximum absolute atomic E-state index is 12.8. The number of carboxylic acid groups (broad SMARTS) is 1. The SMILES string of the molecule is Cc1cc(C(=O)O)cc(S(=O)(=O)N2CC(C)CC2C)c1Br. The lowest BCUT2D eigenvalue weighted by atomic mass is 10.1. The maximum atomic E-state index is 12.8. The van der Waals surface area contributed by atoms with Crippen molar-refractivity contribution in [1.82, 2.24) is 4.31 Å². The third kappa shape index (κ3) is 3.00.